The monoisotopic (exact) mass is 429 g/mol. The number of nitrogens with zero attached hydrogens (tertiary/aromatic N) is 3. The molecule has 0 saturated carbocycles. The first-order valence-electron chi connectivity index (χ1n) is 9.83. The minimum absolute atomic E-state index is 0.0778. The minimum atomic E-state index is -0.364. The van der Waals surface area contributed by atoms with Crippen LogP contribution in [0.15, 0.2) is 42.5 Å². The number of imide groups is 1. The summed E-state index contributed by atoms with van der Waals surface area (Å²) in [6, 6.07) is 11.1. The molecule has 0 spiro atoms. The van der Waals surface area contributed by atoms with E-state index in [1.165, 1.54) is 12.1 Å². The zero-order chi connectivity index (χ0) is 21.3. The summed E-state index contributed by atoms with van der Waals surface area (Å²) in [6.45, 7) is 3.13. The second-order valence-electron chi connectivity index (χ2n) is 7.45. The summed E-state index contributed by atoms with van der Waals surface area (Å²) in [5, 5.41) is 0.398. The van der Waals surface area contributed by atoms with Crippen molar-refractivity contribution in [1.82, 2.24) is 14.7 Å². The third-order valence-corrected chi connectivity index (χ3v) is 5.91. The first-order valence-corrected chi connectivity index (χ1v) is 10.2. The quantitative estimate of drug-likeness (QED) is 0.686. The van der Waals surface area contributed by atoms with Gasteiger partial charge in [-0.2, -0.15) is 0 Å². The van der Waals surface area contributed by atoms with Gasteiger partial charge in [-0.1, -0.05) is 29.8 Å². The van der Waals surface area contributed by atoms with Crippen LogP contribution in [0.2, 0.25) is 5.02 Å². The number of carbonyl (C=O) groups is 3. The molecule has 6 nitrogen and oxygen atoms in total. The predicted octanol–water partition coefficient (Wildman–Crippen LogP) is 2.81. The van der Waals surface area contributed by atoms with Crippen LogP contribution < -0.4 is 0 Å². The molecule has 0 N–H and O–H groups in total. The van der Waals surface area contributed by atoms with Crippen LogP contribution in [0.25, 0.3) is 0 Å². The van der Waals surface area contributed by atoms with Crippen molar-refractivity contribution in [3.8, 4) is 0 Å². The van der Waals surface area contributed by atoms with Gasteiger partial charge in [-0.3, -0.25) is 24.2 Å². The summed E-state index contributed by atoms with van der Waals surface area (Å²) < 4.78 is 13.2. The number of fused-ring (bicyclic) bond motifs is 1. The maximum absolute atomic E-state index is 13.2. The van der Waals surface area contributed by atoms with Gasteiger partial charge in [0, 0.05) is 50.7 Å². The van der Waals surface area contributed by atoms with Crippen molar-refractivity contribution in [2.45, 2.75) is 13.0 Å². The van der Waals surface area contributed by atoms with E-state index in [9.17, 15) is 18.8 Å². The first-order chi connectivity index (χ1) is 14.4. The van der Waals surface area contributed by atoms with Crippen molar-refractivity contribution in [3.05, 3.63) is 70.0 Å². The number of piperazine rings is 1. The topological polar surface area (TPSA) is 60.9 Å². The normalized spacial score (nSPS) is 16.9. The van der Waals surface area contributed by atoms with E-state index in [-0.39, 0.29) is 36.5 Å². The van der Waals surface area contributed by atoms with Crippen LogP contribution in [0.4, 0.5) is 4.39 Å². The molecule has 1 fully saturated rings. The van der Waals surface area contributed by atoms with E-state index in [0.717, 1.165) is 10.5 Å². The molecule has 2 aliphatic rings. The highest BCUT2D eigenvalue weighted by Crippen LogP contribution is 2.23. The van der Waals surface area contributed by atoms with E-state index < -0.39 is 0 Å². The van der Waals surface area contributed by atoms with Crippen LogP contribution in [0.5, 0.6) is 0 Å². The summed E-state index contributed by atoms with van der Waals surface area (Å²) in [7, 11) is 0. The van der Waals surface area contributed by atoms with E-state index in [2.05, 4.69) is 4.90 Å². The molecule has 0 radical (unpaired) electrons. The fraction of sp³-hybridized carbons (Fsp3) is 0.318. The Morgan fingerprint density at radius 1 is 0.967 bits per heavy atom. The lowest BCUT2D eigenvalue weighted by atomic mass is 10.1. The lowest BCUT2D eigenvalue weighted by Gasteiger charge is -2.35. The van der Waals surface area contributed by atoms with Gasteiger partial charge in [0.15, 0.2) is 0 Å². The Bertz CT molecular complexity index is 970. The van der Waals surface area contributed by atoms with Crippen LogP contribution >= 0.6 is 11.6 Å². The van der Waals surface area contributed by atoms with Gasteiger partial charge in [0.2, 0.25) is 5.91 Å². The van der Waals surface area contributed by atoms with Gasteiger partial charge in [0.1, 0.15) is 5.82 Å². The number of rotatable bonds is 5. The van der Waals surface area contributed by atoms with Crippen LogP contribution in [0.3, 0.4) is 0 Å². The molecule has 2 aliphatic heterocycles. The minimum Gasteiger partial charge on any atom is -0.340 e. The predicted molar refractivity (Wildman–Crippen MR) is 110 cm³/mol. The molecule has 2 aromatic rings. The molecule has 156 valence electrons. The Morgan fingerprint density at radius 2 is 1.60 bits per heavy atom. The second kappa shape index (κ2) is 8.53. The molecule has 30 heavy (non-hydrogen) atoms. The van der Waals surface area contributed by atoms with Crippen molar-refractivity contribution in [3.63, 3.8) is 0 Å². The highest BCUT2D eigenvalue weighted by Gasteiger charge is 2.35. The van der Waals surface area contributed by atoms with Crippen molar-refractivity contribution in [2.24, 2.45) is 0 Å². The van der Waals surface area contributed by atoms with Gasteiger partial charge in [0.05, 0.1) is 11.1 Å². The summed E-state index contributed by atoms with van der Waals surface area (Å²) in [6.07, 6.45) is 0.106. The molecule has 0 atom stereocenters. The van der Waals surface area contributed by atoms with E-state index >= 15 is 0 Å². The standard InChI is InChI=1S/C22H21ClFN3O3/c23-19-13-16(24)6-5-15(19)14-25-9-11-26(12-10-25)20(28)7-8-27-21(29)17-3-1-2-4-18(17)22(27)30/h1-6,13H,7-12,14H2. The molecule has 8 heteroatoms. The number of halogens is 2. The molecule has 2 aromatic carbocycles. The Kier molecular flexibility index (Phi) is 5.83. The molecule has 2 heterocycles. The second-order valence-corrected chi connectivity index (χ2v) is 7.86. The molecule has 0 aromatic heterocycles. The summed E-state index contributed by atoms with van der Waals surface area (Å²) >= 11 is 6.10. The zero-order valence-corrected chi connectivity index (χ0v) is 17.1. The van der Waals surface area contributed by atoms with Crippen molar-refractivity contribution >= 4 is 29.3 Å². The fourth-order valence-electron chi connectivity index (χ4n) is 3.85. The number of benzene rings is 2. The molecule has 3 amide bonds. The van der Waals surface area contributed by atoms with Gasteiger partial charge < -0.3 is 4.90 Å². The van der Waals surface area contributed by atoms with E-state index in [1.807, 2.05) is 0 Å². The lowest BCUT2D eigenvalue weighted by Crippen LogP contribution is -2.49. The van der Waals surface area contributed by atoms with Gasteiger partial charge in [0.25, 0.3) is 11.8 Å². The third kappa shape index (κ3) is 4.08. The highest BCUT2D eigenvalue weighted by molar-refractivity contribution is 6.31. The molecule has 0 bridgehead atoms. The number of carbonyl (C=O) groups excluding carboxylic acids is 3. The smallest absolute Gasteiger partial charge is 0.261 e. The maximum atomic E-state index is 13.2. The molecular weight excluding hydrogens is 409 g/mol. The third-order valence-electron chi connectivity index (χ3n) is 5.56. The molecule has 0 unspecified atom stereocenters. The molecule has 0 aliphatic carbocycles. The Morgan fingerprint density at radius 3 is 2.20 bits per heavy atom. The van der Waals surface area contributed by atoms with Crippen molar-refractivity contribution in [2.75, 3.05) is 32.7 Å². The van der Waals surface area contributed by atoms with Gasteiger partial charge in [-0.05, 0) is 29.8 Å². The van der Waals surface area contributed by atoms with Crippen LogP contribution in [-0.4, -0.2) is 65.1 Å². The number of amides is 3. The van der Waals surface area contributed by atoms with Gasteiger partial charge >= 0.3 is 0 Å². The van der Waals surface area contributed by atoms with Crippen molar-refractivity contribution in [1.29, 1.82) is 0 Å². The van der Waals surface area contributed by atoms with Gasteiger partial charge in [-0.25, -0.2) is 4.39 Å². The Balaban J connectivity index is 1.27. The average Bonchev–Trinajstić information content (AvgIpc) is 2.99. The van der Waals surface area contributed by atoms with Gasteiger partial charge in [-0.15, -0.1) is 0 Å². The average molecular weight is 430 g/mol. The molecule has 4 rings (SSSR count). The lowest BCUT2D eigenvalue weighted by molar-refractivity contribution is -0.133. The van der Waals surface area contributed by atoms with Crippen molar-refractivity contribution < 1.29 is 18.8 Å². The largest absolute Gasteiger partial charge is 0.340 e. The summed E-state index contributed by atoms with van der Waals surface area (Å²) in [5.41, 5.74) is 1.63. The van der Waals surface area contributed by atoms with Crippen LogP contribution in [0, 0.1) is 5.82 Å². The maximum Gasteiger partial charge on any atom is 0.261 e. The van der Waals surface area contributed by atoms with E-state index in [4.69, 9.17) is 11.6 Å². The Labute approximate surface area is 178 Å². The SMILES string of the molecule is O=C(CCN1C(=O)c2ccccc2C1=O)N1CCN(Cc2ccc(F)cc2Cl)CC1. The zero-order valence-electron chi connectivity index (χ0n) is 16.3. The van der Waals surface area contributed by atoms with Crippen LogP contribution in [-0.2, 0) is 11.3 Å². The Hall–Kier alpha value is -2.77. The van der Waals surface area contributed by atoms with E-state index in [1.54, 1.807) is 35.2 Å². The van der Waals surface area contributed by atoms with Crippen LogP contribution in [0.1, 0.15) is 32.7 Å². The highest BCUT2D eigenvalue weighted by atomic mass is 35.5. The molecular formula is C22H21ClFN3O3. The molecule has 1 saturated heterocycles. The van der Waals surface area contributed by atoms with E-state index in [0.29, 0.717) is 48.9 Å². The summed E-state index contributed by atoms with van der Waals surface area (Å²) in [5.74, 6) is -1.13. The fourth-order valence-corrected chi connectivity index (χ4v) is 4.08. The number of hydrogen-bond acceptors (Lipinski definition) is 4. The first kappa shape index (κ1) is 20.5. The summed E-state index contributed by atoms with van der Waals surface area (Å²) in [4.78, 5) is 42.5. The number of hydrogen-bond donors (Lipinski definition) is 0.